The molecule has 1 saturated carbocycles. The Hall–Kier alpha value is -1.04. The van der Waals surface area contributed by atoms with Crippen LogP contribution in [0.15, 0.2) is 24.3 Å². The van der Waals surface area contributed by atoms with Crippen LogP contribution in [0.4, 0.5) is 17.3 Å². The molecule has 164 valence electrons. The van der Waals surface area contributed by atoms with E-state index in [9.17, 15) is 17.3 Å². The number of rotatable bonds is 7. The van der Waals surface area contributed by atoms with Crippen molar-refractivity contribution in [3.63, 3.8) is 0 Å². The van der Waals surface area contributed by atoms with Crippen LogP contribution in [0.1, 0.15) is 63.9 Å². The maximum Gasteiger partial charge on any atom is 0.573 e. The molecule has 0 aromatic heterocycles. The second kappa shape index (κ2) is 9.84. The molecule has 0 atom stereocenters. The van der Waals surface area contributed by atoms with Crippen LogP contribution < -0.4 is 4.74 Å². The van der Waals surface area contributed by atoms with E-state index < -0.39 is 14.8 Å². The fourth-order valence-electron chi connectivity index (χ4n) is 5.50. The van der Waals surface area contributed by atoms with Crippen molar-refractivity contribution in [2.75, 3.05) is 0 Å². The maximum atomic E-state index is 14.8. The third-order valence-corrected chi connectivity index (χ3v) is 10.9. The summed E-state index contributed by atoms with van der Waals surface area (Å²) in [5.74, 6) is 2.07. The molecule has 2 fully saturated rings. The van der Waals surface area contributed by atoms with E-state index in [0.29, 0.717) is 5.92 Å². The van der Waals surface area contributed by atoms with Gasteiger partial charge in [-0.2, -0.15) is 0 Å². The van der Waals surface area contributed by atoms with Gasteiger partial charge < -0.3 is 8.84 Å². The van der Waals surface area contributed by atoms with E-state index >= 15 is 0 Å². The molecule has 1 aromatic carbocycles. The van der Waals surface area contributed by atoms with Crippen LogP contribution in [0, 0.1) is 17.8 Å². The summed E-state index contributed by atoms with van der Waals surface area (Å²) in [5.41, 5.74) is 1.06. The standard InChI is InChI=1S/C23H34F4OSi/c1-2-15-29(27)16-13-21(14-17-29)20-9-5-18(6-10-20)3-4-19-7-11-22(12-8-19)28-23(24,25)26/h7-8,11-12,18,20-21H,2-6,9-10,13-17H2,1H3/t18?,20?,21-,29+. The largest absolute Gasteiger partial charge is 0.573 e. The molecule has 0 amide bonds. The number of benzene rings is 1. The third kappa shape index (κ3) is 7.01. The molecule has 0 spiro atoms. The summed E-state index contributed by atoms with van der Waals surface area (Å²) in [5, 5.41) is 0. The van der Waals surface area contributed by atoms with Crippen molar-refractivity contribution in [2.45, 2.75) is 89.2 Å². The van der Waals surface area contributed by atoms with Gasteiger partial charge in [0.25, 0.3) is 0 Å². The molecular formula is C23H34F4OSi. The Kier molecular flexibility index (Phi) is 7.68. The number of ether oxygens (including phenoxy) is 1. The Morgan fingerprint density at radius 2 is 1.52 bits per heavy atom. The molecule has 6 heteroatoms. The highest BCUT2D eigenvalue weighted by atomic mass is 28.4. The average molecular weight is 431 g/mol. The van der Waals surface area contributed by atoms with E-state index in [2.05, 4.69) is 11.7 Å². The summed E-state index contributed by atoms with van der Waals surface area (Å²) in [6, 6.07) is 8.90. The summed E-state index contributed by atoms with van der Waals surface area (Å²) in [6.45, 7) is 2.10. The van der Waals surface area contributed by atoms with Gasteiger partial charge in [0.1, 0.15) is 5.75 Å². The number of hydrogen-bond donors (Lipinski definition) is 0. The fourth-order valence-corrected chi connectivity index (χ4v) is 8.93. The highest BCUT2D eigenvalue weighted by Gasteiger charge is 2.40. The summed E-state index contributed by atoms with van der Waals surface area (Å²) < 4.78 is 55.4. The molecule has 0 radical (unpaired) electrons. The maximum absolute atomic E-state index is 14.8. The van der Waals surface area contributed by atoms with Crippen LogP contribution in [-0.4, -0.2) is 14.8 Å². The molecule has 3 rings (SSSR count). The monoisotopic (exact) mass is 430 g/mol. The lowest BCUT2D eigenvalue weighted by atomic mass is 9.73. The van der Waals surface area contributed by atoms with Crippen molar-refractivity contribution in [2.24, 2.45) is 17.8 Å². The lowest BCUT2D eigenvalue weighted by Gasteiger charge is -2.39. The average Bonchev–Trinajstić information content (AvgIpc) is 2.67. The number of halogens is 4. The molecule has 1 aliphatic carbocycles. The van der Waals surface area contributed by atoms with E-state index in [1.807, 2.05) is 0 Å². The number of aryl methyl sites for hydroxylation is 1. The summed E-state index contributed by atoms with van der Waals surface area (Å²) >= 11 is 0. The minimum absolute atomic E-state index is 0.159. The van der Waals surface area contributed by atoms with Gasteiger partial charge in [0.15, 0.2) is 0 Å². The molecule has 1 nitrogen and oxygen atoms in total. The topological polar surface area (TPSA) is 9.23 Å². The summed E-state index contributed by atoms with van der Waals surface area (Å²) in [7, 11) is -2.39. The second-order valence-electron chi connectivity index (χ2n) is 9.25. The summed E-state index contributed by atoms with van der Waals surface area (Å²) in [6.07, 6.45) is 5.59. The van der Waals surface area contributed by atoms with E-state index in [4.69, 9.17) is 0 Å². The lowest BCUT2D eigenvalue weighted by Crippen LogP contribution is -2.36. The number of alkyl halides is 3. The SMILES string of the molecule is CCC[Si@]1(F)CC[C@@H](C2CCC(CCc3ccc(OC(F)(F)F)cc3)CC2)CC1. The van der Waals surface area contributed by atoms with Gasteiger partial charge in [0, 0.05) is 0 Å². The third-order valence-electron chi connectivity index (χ3n) is 7.18. The van der Waals surface area contributed by atoms with Gasteiger partial charge in [-0.15, -0.1) is 13.2 Å². The van der Waals surface area contributed by atoms with Gasteiger partial charge in [-0.25, -0.2) is 0 Å². The number of hydrogen-bond acceptors (Lipinski definition) is 1. The van der Waals surface area contributed by atoms with Gasteiger partial charge in [0.05, 0.1) is 0 Å². The van der Waals surface area contributed by atoms with E-state index in [1.165, 1.54) is 37.8 Å². The molecule has 2 aliphatic rings. The Bertz CT molecular complexity index is 615. The van der Waals surface area contributed by atoms with E-state index in [-0.39, 0.29) is 5.75 Å². The summed E-state index contributed by atoms with van der Waals surface area (Å²) in [4.78, 5) is 0. The van der Waals surface area contributed by atoms with E-state index in [1.54, 1.807) is 12.1 Å². The minimum Gasteiger partial charge on any atom is -0.406 e. The Morgan fingerprint density at radius 1 is 0.931 bits per heavy atom. The van der Waals surface area contributed by atoms with Gasteiger partial charge >= 0.3 is 6.36 Å². The Morgan fingerprint density at radius 3 is 2.07 bits per heavy atom. The molecule has 29 heavy (non-hydrogen) atoms. The van der Waals surface area contributed by atoms with E-state index in [0.717, 1.165) is 67.6 Å². The van der Waals surface area contributed by atoms with Crippen molar-refractivity contribution < 1.29 is 22.0 Å². The van der Waals surface area contributed by atoms with Crippen molar-refractivity contribution in [1.29, 1.82) is 0 Å². The first kappa shape index (κ1) is 22.6. The molecule has 0 N–H and O–H groups in total. The van der Waals surface area contributed by atoms with Crippen LogP contribution in [0.5, 0.6) is 5.75 Å². The van der Waals surface area contributed by atoms with Crippen LogP contribution in [0.3, 0.4) is 0 Å². The minimum atomic E-state index is -4.64. The van der Waals surface area contributed by atoms with Gasteiger partial charge in [-0.05, 0) is 79.3 Å². The zero-order valence-electron chi connectivity index (χ0n) is 17.4. The zero-order chi connectivity index (χ0) is 20.9. The highest BCUT2D eigenvalue weighted by molar-refractivity contribution is 6.73. The van der Waals surface area contributed by atoms with Crippen molar-refractivity contribution in [3.05, 3.63) is 29.8 Å². The molecule has 1 aromatic rings. The molecule has 1 saturated heterocycles. The molecule has 0 unspecified atom stereocenters. The Labute approximate surface area is 173 Å². The van der Waals surface area contributed by atoms with Gasteiger partial charge in [-0.3, -0.25) is 0 Å². The Balaban J connectivity index is 1.37. The van der Waals surface area contributed by atoms with Gasteiger partial charge in [-0.1, -0.05) is 51.2 Å². The quantitative estimate of drug-likeness (QED) is 0.241. The van der Waals surface area contributed by atoms with Crippen LogP contribution in [0.25, 0.3) is 0 Å². The molecular weight excluding hydrogens is 396 g/mol. The molecule has 0 bridgehead atoms. The van der Waals surface area contributed by atoms with Gasteiger partial charge in [0.2, 0.25) is 8.41 Å². The molecule has 1 aliphatic heterocycles. The van der Waals surface area contributed by atoms with Crippen LogP contribution >= 0.6 is 0 Å². The van der Waals surface area contributed by atoms with Crippen LogP contribution in [-0.2, 0) is 6.42 Å². The van der Waals surface area contributed by atoms with Crippen molar-refractivity contribution in [3.8, 4) is 5.75 Å². The smallest absolute Gasteiger partial charge is 0.406 e. The van der Waals surface area contributed by atoms with Crippen LogP contribution in [0.2, 0.25) is 18.1 Å². The van der Waals surface area contributed by atoms with Crippen molar-refractivity contribution >= 4 is 8.41 Å². The normalized spacial score (nSPS) is 30.9. The lowest BCUT2D eigenvalue weighted by molar-refractivity contribution is -0.274. The first-order valence-corrected chi connectivity index (χ1v) is 13.8. The first-order chi connectivity index (χ1) is 13.8. The predicted molar refractivity (Wildman–Crippen MR) is 111 cm³/mol. The zero-order valence-corrected chi connectivity index (χ0v) is 18.4. The highest BCUT2D eigenvalue weighted by Crippen LogP contribution is 2.45. The molecule has 1 heterocycles. The fraction of sp³-hybridized carbons (Fsp3) is 0.739. The second-order valence-corrected chi connectivity index (χ2v) is 13.1. The predicted octanol–water partition coefficient (Wildman–Crippen LogP) is 8.06. The van der Waals surface area contributed by atoms with Crippen molar-refractivity contribution in [1.82, 2.24) is 0 Å². The first-order valence-electron chi connectivity index (χ1n) is 11.3.